The lowest BCUT2D eigenvalue weighted by atomic mass is 10.4. The van der Waals surface area contributed by atoms with Crippen molar-refractivity contribution in [2.24, 2.45) is 0 Å². The first kappa shape index (κ1) is 16.2. The van der Waals surface area contributed by atoms with Gasteiger partial charge in [-0.2, -0.15) is 0 Å². The lowest BCUT2D eigenvalue weighted by Crippen LogP contribution is -2.09. The topological polar surface area (TPSA) is 90.6 Å². The Kier molecular flexibility index (Phi) is 4.54. The Labute approximate surface area is 134 Å². The van der Waals surface area contributed by atoms with Crippen LogP contribution in [0.4, 0.5) is 0 Å². The average molecular weight is 397 g/mol. The van der Waals surface area contributed by atoms with Crippen molar-refractivity contribution in [2.75, 3.05) is 12.9 Å². The molecule has 0 fully saturated rings. The molecule has 0 saturated carbocycles. The highest BCUT2D eigenvalue weighted by molar-refractivity contribution is 9.10. The van der Waals surface area contributed by atoms with Crippen molar-refractivity contribution in [1.82, 2.24) is 14.4 Å². The Morgan fingerprint density at radius 3 is 2.71 bits per heavy atom. The fraction of sp³-hybridized carbons (Fsp3) is 0.364. The molecular weight excluding hydrogens is 386 g/mol. The van der Waals surface area contributed by atoms with E-state index in [2.05, 4.69) is 25.9 Å². The minimum Gasteiger partial charge on any atom is -0.461 e. The Morgan fingerprint density at radius 2 is 2.14 bits per heavy atom. The first-order valence-electron chi connectivity index (χ1n) is 5.81. The number of halogens is 2. The highest BCUT2D eigenvalue weighted by atomic mass is 79.9. The van der Waals surface area contributed by atoms with Gasteiger partial charge >= 0.3 is 5.97 Å². The van der Waals surface area contributed by atoms with Crippen molar-refractivity contribution in [3.05, 3.63) is 27.3 Å². The summed E-state index contributed by atoms with van der Waals surface area (Å²) in [5, 5.41) is 0.0686. The van der Waals surface area contributed by atoms with Crippen LogP contribution in [0.1, 0.15) is 23.1 Å². The predicted octanol–water partition coefficient (Wildman–Crippen LogP) is 1.87. The van der Waals surface area contributed by atoms with Crippen LogP contribution in [-0.2, 0) is 20.3 Å². The van der Waals surface area contributed by atoms with Gasteiger partial charge in [-0.3, -0.25) is 4.40 Å². The smallest absolute Gasteiger partial charge is 0.360 e. The van der Waals surface area contributed by atoms with E-state index in [0.29, 0.717) is 5.69 Å². The molecule has 0 N–H and O–H groups in total. The highest BCUT2D eigenvalue weighted by Gasteiger charge is 2.22. The van der Waals surface area contributed by atoms with E-state index in [1.807, 2.05) is 0 Å². The molecule has 0 bridgehead atoms. The van der Waals surface area contributed by atoms with Crippen LogP contribution in [-0.4, -0.2) is 41.6 Å². The van der Waals surface area contributed by atoms with E-state index in [0.717, 1.165) is 6.26 Å². The molecule has 0 aliphatic carbocycles. The second-order valence-electron chi connectivity index (χ2n) is 4.25. The van der Waals surface area contributed by atoms with Crippen molar-refractivity contribution in [1.29, 1.82) is 0 Å². The zero-order chi connectivity index (χ0) is 15.8. The normalized spacial score (nSPS) is 11.8. The molecule has 2 rings (SSSR count). The molecule has 0 radical (unpaired) electrons. The van der Waals surface area contributed by atoms with E-state index in [-0.39, 0.29) is 33.6 Å². The molecule has 2 aromatic rings. The van der Waals surface area contributed by atoms with Crippen LogP contribution in [0.15, 0.2) is 10.8 Å². The lowest BCUT2D eigenvalue weighted by Gasteiger charge is -2.06. The number of hydrogen-bond donors (Lipinski definition) is 0. The number of esters is 1. The Hall–Kier alpha value is -1.19. The summed E-state index contributed by atoms with van der Waals surface area (Å²) in [5.41, 5.74) is 0.467. The van der Waals surface area contributed by atoms with Gasteiger partial charge in [0.15, 0.2) is 25.9 Å². The summed E-state index contributed by atoms with van der Waals surface area (Å²) in [6, 6.07) is 1.41. The van der Waals surface area contributed by atoms with Crippen LogP contribution in [0.5, 0.6) is 0 Å². The van der Waals surface area contributed by atoms with E-state index >= 15 is 0 Å². The molecule has 0 atom stereocenters. The number of hydrogen-bond acceptors (Lipinski definition) is 6. The minimum absolute atomic E-state index is 0.0269. The quantitative estimate of drug-likeness (QED) is 0.579. The monoisotopic (exact) mass is 395 g/mol. The molecule has 0 aromatic carbocycles. The maximum Gasteiger partial charge on any atom is 0.360 e. The molecule has 0 spiro atoms. The number of rotatable bonds is 4. The molecule has 0 saturated heterocycles. The van der Waals surface area contributed by atoms with Crippen LogP contribution in [0.25, 0.3) is 5.65 Å². The van der Waals surface area contributed by atoms with Gasteiger partial charge in [-0.25, -0.2) is 23.2 Å². The van der Waals surface area contributed by atoms with Crippen LogP contribution in [0.2, 0.25) is 5.15 Å². The lowest BCUT2D eigenvalue weighted by molar-refractivity contribution is 0.0522. The number of carbonyl (C=O) groups is 1. The minimum atomic E-state index is -3.30. The number of ether oxygens (including phenoxy) is 1. The van der Waals surface area contributed by atoms with E-state index < -0.39 is 15.8 Å². The summed E-state index contributed by atoms with van der Waals surface area (Å²) < 4.78 is 29.6. The fourth-order valence-corrected chi connectivity index (χ4v) is 3.32. The van der Waals surface area contributed by atoms with Gasteiger partial charge in [0.05, 0.1) is 12.4 Å². The molecule has 114 valence electrons. The van der Waals surface area contributed by atoms with Crippen molar-refractivity contribution in [2.45, 2.75) is 12.7 Å². The van der Waals surface area contributed by atoms with E-state index in [9.17, 15) is 13.2 Å². The van der Waals surface area contributed by atoms with Gasteiger partial charge in [-0.15, -0.1) is 0 Å². The fourth-order valence-electron chi connectivity index (χ4n) is 1.79. The van der Waals surface area contributed by atoms with Crippen molar-refractivity contribution in [3.8, 4) is 0 Å². The third-order valence-electron chi connectivity index (χ3n) is 2.48. The summed E-state index contributed by atoms with van der Waals surface area (Å²) in [6.45, 7) is 1.85. The third-order valence-corrected chi connectivity index (χ3v) is 4.02. The highest BCUT2D eigenvalue weighted by Crippen LogP contribution is 2.23. The summed E-state index contributed by atoms with van der Waals surface area (Å²) in [7, 11) is -3.30. The molecule has 7 nitrogen and oxygen atoms in total. The van der Waals surface area contributed by atoms with Gasteiger partial charge in [0.2, 0.25) is 0 Å². The standard InChI is InChI=1S/C11H11BrClN3O4S/c1-3-20-10(17)8-9-14-7(13)4-6(5-21(2,18)19)16(9)11(12)15-8/h4H,3,5H2,1-2H3. The largest absolute Gasteiger partial charge is 0.461 e. The number of imidazole rings is 1. The summed E-state index contributed by atoms with van der Waals surface area (Å²) in [4.78, 5) is 19.9. The molecular formula is C11H11BrClN3O4S. The van der Waals surface area contributed by atoms with E-state index in [1.165, 1.54) is 10.5 Å². The molecule has 21 heavy (non-hydrogen) atoms. The summed E-state index contributed by atoms with van der Waals surface area (Å²) in [6.07, 6.45) is 1.10. The SMILES string of the molecule is CCOC(=O)c1nc(Br)n2c(CS(C)(=O)=O)cc(Cl)nc12. The van der Waals surface area contributed by atoms with Gasteiger partial charge in [-0.1, -0.05) is 11.6 Å². The summed E-state index contributed by atoms with van der Waals surface area (Å²) >= 11 is 9.09. The zero-order valence-electron chi connectivity index (χ0n) is 11.1. The van der Waals surface area contributed by atoms with Gasteiger partial charge < -0.3 is 4.74 Å². The molecule has 0 amide bonds. The van der Waals surface area contributed by atoms with Crippen LogP contribution in [0.3, 0.4) is 0 Å². The Bertz CT molecular complexity index is 818. The van der Waals surface area contributed by atoms with Gasteiger partial charge in [0.25, 0.3) is 0 Å². The average Bonchev–Trinajstić information content (AvgIpc) is 2.64. The second kappa shape index (κ2) is 5.90. The van der Waals surface area contributed by atoms with Gasteiger partial charge in [0.1, 0.15) is 5.15 Å². The molecule has 0 aliphatic rings. The van der Waals surface area contributed by atoms with E-state index in [4.69, 9.17) is 16.3 Å². The first-order valence-corrected chi connectivity index (χ1v) is 9.04. The molecule has 0 aliphatic heterocycles. The van der Waals surface area contributed by atoms with Crippen molar-refractivity contribution in [3.63, 3.8) is 0 Å². The van der Waals surface area contributed by atoms with Crippen LogP contribution < -0.4 is 0 Å². The number of sulfone groups is 1. The Morgan fingerprint density at radius 1 is 1.48 bits per heavy atom. The number of carbonyl (C=O) groups excluding carboxylic acids is 1. The number of aromatic nitrogens is 3. The molecule has 2 aromatic heterocycles. The van der Waals surface area contributed by atoms with Crippen LogP contribution in [0, 0.1) is 0 Å². The summed E-state index contributed by atoms with van der Waals surface area (Å²) in [5.74, 6) is -0.913. The second-order valence-corrected chi connectivity index (χ2v) is 7.49. The van der Waals surface area contributed by atoms with Crippen molar-refractivity contribution >= 4 is 49.0 Å². The maximum atomic E-state index is 11.9. The zero-order valence-corrected chi connectivity index (χ0v) is 14.3. The number of nitrogens with zero attached hydrogens (tertiary/aromatic N) is 3. The van der Waals surface area contributed by atoms with Gasteiger partial charge in [0, 0.05) is 11.9 Å². The maximum absolute atomic E-state index is 11.9. The number of fused-ring (bicyclic) bond motifs is 1. The third kappa shape index (κ3) is 3.53. The van der Waals surface area contributed by atoms with Crippen LogP contribution >= 0.6 is 27.5 Å². The molecule has 0 unspecified atom stereocenters. The molecule has 10 heteroatoms. The van der Waals surface area contributed by atoms with Gasteiger partial charge in [-0.05, 0) is 28.9 Å². The van der Waals surface area contributed by atoms with Crippen molar-refractivity contribution < 1.29 is 17.9 Å². The Balaban J connectivity index is 2.71. The molecule has 2 heterocycles. The predicted molar refractivity (Wildman–Crippen MR) is 80.2 cm³/mol. The van der Waals surface area contributed by atoms with E-state index in [1.54, 1.807) is 6.92 Å². The first-order chi connectivity index (χ1) is 9.73.